The van der Waals surface area contributed by atoms with E-state index in [4.69, 9.17) is 10.5 Å². The van der Waals surface area contributed by atoms with Crippen LogP contribution in [0.25, 0.3) is 0 Å². The number of carbonyl (C=O) groups excluding carboxylic acids is 1. The number of carbonyl (C=O) groups is 1. The summed E-state index contributed by atoms with van der Waals surface area (Å²) in [6.45, 7) is 4.66. The molecule has 1 amide bonds. The second-order valence-corrected chi connectivity index (χ2v) is 8.07. The number of nitrogens with zero attached hydrogens (tertiary/aromatic N) is 1. The van der Waals surface area contributed by atoms with Crippen molar-refractivity contribution in [2.24, 2.45) is 11.7 Å². The van der Waals surface area contributed by atoms with Crippen LogP contribution in [0.2, 0.25) is 0 Å². The number of hydrogen-bond acceptors (Lipinski definition) is 5. The Labute approximate surface area is 143 Å². The van der Waals surface area contributed by atoms with Gasteiger partial charge in [-0.1, -0.05) is 13.8 Å². The van der Waals surface area contributed by atoms with Crippen LogP contribution in [-0.2, 0) is 14.8 Å². The van der Waals surface area contributed by atoms with Crippen LogP contribution >= 0.6 is 0 Å². The average Bonchev–Trinajstić information content (AvgIpc) is 2.98. The fourth-order valence-electron chi connectivity index (χ4n) is 2.65. The normalized spacial score (nSPS) is 19.5. The highest BCUT2D eigenvalue weighted by Gasteiger charge is 2.34. The Balaban J connectivity index is 2.17. The Bertz CT molecular complexity index is 673. The highest BCUT2D eigenvalue weighted by Crippen LogP contribution is 2.18. The monoisotopic (exact) mass is 355 g/mol. The van der Waals surface area contributed by atoms with Crippen LogP contribution in [0.15, 0.2) is 29.2 Å². The van der Waals surface area contributed by atoms with Crippen LogP contribution in [0.5, 0.6) is 5.75 Å². The molecule has 134 valence electrons. The summed E-state index contributed by atoms with van der Waals surface area (Å²) in [7, 11) is -2.29. The topological polar surface area (TPSA) is 102 Å². The SMILES string of the molecule is COc1ccc(S(=O)(=O)NC(C(=O)N2CC[C@@H](N)C2)C(C)C)cc1. The lowest BCUT2D eigenvalue weighted by atomic mass is 10.0. The van der Waals surface area contributed by atoms with Gasteiger partial charge in [0.1, 0.15) is 11.8 Å². The van der Waals surface area contributed by atoms with Gasteiger partial charge in [-0.05, 0) is 36.6 Å². The smallest absolute Gasteiger partial charge is 0.241 e. The van der Waals surface area contributed by atoms with Crippen LogP contribution in [0.4, 0.5) is 0 Å². The number of rotatable bonds is 6. The molecule has 2 atom stereocenters. The van der Waals surface area contributed by atoms with Crippen molar-refractivity contribution in [1.82, 2.24) is 9.62 Å². The molecule has 1 aliphatic rings. The molecule has 0 saturated carbocycles. The third-order valence-electron chi connectivity index (χ3n) is 4.12. The van der Waals surface area contributed by atoms with Gasteiger partial charge in [0.25, 0.3) is 0 Å². The van der Waals surface area contributed by atoms with Crippen molar-refractivity contribution in [3.63, 3.8) is 0 Å². The molecular formula is C16H25N3O4S. The van der Waals surface area contributed by atoms with E-state index in [1.165, 1.54) is 19.2 Å². The molecule has 7 nitrogen and oxygen atoms in total. The van der Waals surface area contributed by atoms with E-state index >= 15 is 0 Å². The zero-order chi connectivity index (χ0) is 17.9. The van der Waals surface area contributed by atoms with Crippen molar-refractivity contribution in [2.75, 3.05) is 20.2 Å². The van der Waals surface area contributed by atoms with E-state index in [2.05, 4.69) is 4.72 Å². The van der Waals surface area contributed by atoms with Gasteiger partial charge in [-0.2, -0.15) is 4.72 Å². The van der Waals surface area contributed by atoms with Gasteiger partial charge in [-0.3, -0.25) is 4.79 Å². The van der Waals surface area contributed by atoms with E-state index in [0.717, 1.165) is 6.42 Å². The van der Waals surface area contributed by atoms with Crippen molar-refractivity contribution >= 4 is 15.9 Å². The first kappa shape index (κ1) is 18.7. The zero-order valence-electron chi connectivity index (χ0n) is 14.2. The summed E-state index contributed by atoms with van der Waals surface area (Å²) in [6.07, 6.45) is 0.738. The molecule has 1 heterocycles. The molecule has 0 radical (unpaired) electrons. The molecule has 0 aromatic heterocycles. The number of sulfonamides is 1. The molecule has 8 heteroatoms. The molecule has 0 aliphatic carbocycles. The summed E-state index contributed by atoms with van der Waals surface area (Å²) in [5.41, 5.74) is 5.84. The van der Waals surface area contributed by atoms with E-state index in [1.54, 1.807) is 17.0 Å². The summed E-state index contributed by atoms with van der Waals surface area (Å²) in [5, 5.41) is 0. The minimum Gasteiger partial charge on any atom is -0.497 e. The quantitative estimate of drug-likeness (QED) is 0.776. The number of nitrogens with one attached hydrogen (secondary N) is 1. The van der Waals surface area contributed by atoms with Gasteiger partial charge in [0.05, 0.1) is 12.0 Å². The molecule has 1 fully saturated rings. The predicted octanol–water partition coefficient (Wildman–Crippen LogP) is 0.558. The summed E-state index contributed by atoms with van der Waals surface area (Å²) in [4.78, 5) is 14.4. The molecule has 2 rings (SSSR count). The number of nitrogens with two attached hydrogens (primary N) is 1. The lowest BCUT2D eigenvalue weighted by molar-refractivity contribution is -0.133. The van der Waals surface area contributed by atoms with Crippen LogP contribution in [0, 0.1) is 5.92 Å². The molecule has 1 aromatic carbocycles. The number of likely N-dealkylation sites (tertiary alicyclic amines) is 1. The molecule has 1 unspecified atom stereocenters. The van der Waals surface area contributed by atoms with Gasteiger partial charge in [0.15, 0.2) is 0 Å². The molecule has 3 N–H and O–H groups in total. The number of amides is 1. The van der Waals surface area contributed by atoms with Crippen molar-refractivity contribution < 1.29 is 17.9 Å². The number of methoxy groups -OCH3 is 1. The van der Waals surface area contributed by atoms with Gasteiger partial charge in [0, 0.05) is 19.1 Å². The first-order chi connectivity index (χ1) is 11.2. The third-order valence-corrected chi connectivity index (χ3v) is 5.58. The standard InChI is InChI=1S/C16H25N3O4S/c1-11(2)15(16(20)19-9-8-12(17)10-19)18-24(21,22)14-6-4-13(23-3)5-7-14/h4-7,11-12,15,18H,8-10,17H2,1-3H3/t12-,15?/m1/s1. The first-order valence-electron chi connectivity index (χ1n) is 7.95. The summed E-state index contributed by atoms with van der Waals surface area (Å²) < 4.78 is 32.7. The summed E-state index contributed by atoms with van der Waals surface area (Å²) >= 11 is 0. The maximum atomic E-state index is 12.7. The Hall–Kier alpha value is -1.64. The lowest BCUT2D eigenvalue weighted by Gasteiger charge is -2.26. The Morgan fingerprint density at radius 3 is 2.42 bits per heavy atom. The fourth-order valence-corrected chi connectivity index (χ4v) is 3.98. The van der Waals surface area contributed by atoms with Gasteiger partial charge in [-0.25, -0.2) is 8.42 Å². The fraction of sp³-hybridized carbons (Fsp3) is 0.562. The van der Waals surface area contributed by atoms with Gasteiger partial charge >= 0.3 is 0 Å². The van der Waals surface area contributed by atoms with E-state index < -0.39 is 16.1 Å². The highest BCUT2D eigenvalue weighted by molar-refractivity contribution is 7.89. The van der Waals surface area contributed by atoms with E-state index in [0.29, 0.717) is 18.8 Å². The first-order valence-corrected chi connectivity index (χ1v) is 9.43. The van der Waals surface area contributed by atoms with Crippen molar-refractivity contribution in [1.29, 1.82) is 0 Å². The van der Waals surface area contributed by atoms with Crippen molar-refractivity contribution in [2.45, 2.75) is 37.2 Å². The highest BCUT2D eigenvalue weighted by atomic mass is 32.2. The molecule has 1 saturated heterocycles. The summed E-state index contributed by atoms with van der Waals surface area (Å²) in [6, 6.07) is 5.19. The van der Waals surface area contributed by atoms with E-state index in [1.807, 2.05) is 13.8 Å². The Morgan fingerprint density at radius 1 is 1.33 bits per heavy atom. The van der Waals surface area contributed by atoms with Gasteiger partial charge in [0.2, 0.25) is 15.9 Å². The maximum absolute atomic E-state index is 12.7. The van der Waals surface area contributed by atoms with Crippen LogP contribution in [0.1, 0.15) is 20.3 Å². The largest absolute Gasteiger partial charge is 0.497 e. The predicted molar refractivity (Wildman–Crippen MR) is 91.1 cm³/mol. The minimum atomic E-state index is -3.80. The van der Waals surface area contributed by atoms with Gasteiger partial charge in [-0.15, -0.1) is 0 Å². The maximum Gasteiger partial charge on any atom is 0.241 e. The molecule has 24 heavy (non-hydrogen) atoms. The number of hydrogen-bond donors (Lipinski definition) is 2. The Kier molecular flexibility index (Phi) is 5.84. The average molecular weight is 355 g/mol. The van der Waals surface area contributed by atoms with E-state index in [-0.39, 0.29) is 22.8 Å². The van der Waals surface area contributed by atoms with Crippen LogP contribution in [0.3, 0.4) is 0 Å². The second-order valence-electron chi connectivity index (χ2n) is 6.35. The Morgan fingerprint density at radius 2 is 1.96 bits per heavy atom. The molecule has 1 aliphatic heterocycles. The molecule has 0 bridgehead atoms. The van der Waals surface area contributed by atoms with Crippen molar-refractivity contribution in [3.8, 4) is 5.75 Å². The third kappa shape index (κ3) is 4.25. The minimum absolute atomic E-state index is 0.0417. The summed E-state index contributed by atoms with van der Waals surface area (Å²) in [5.74, 6) is 0.161. The number of benzene rings is 1. The van der Waals surface area contributed by atoms with Crippen LogP contribution in [-0.4, -0.2) is 51.5 Å². The lowest BCUT2D eigenvalue weighted by Crippen LogP contribution is -2.50. The second kappa shape index (κ2) is 7.50. The van der Waals surface area contributed by atoms with E-state index in [9.17, 15) is 13.2 Å². The van der Waals surface area contributed by atoms with Gasteiger partial charge < -0.3 is 15.4 Å². The number of ether oxygens (including phenoxy) is 1. The van der Waals surface area contributed by atoms with Crippen molar-refractivity contribution in [3.05, 3.63) is 24.3 Å². The molecular weight excluding hydrogens is 330 g/mol. The zero-order valence-corrected chi connectivity index (χ0v) is 15.0. The van der Waals surface area contributed by atoms with Crippen LogP contribution < -0.4 is 15.2 Å². The molecule has 0 spiro atoms. The molecule has 1 aromatic rings.